The van der Waals surface area contributed by atoms with Crippen LogP contribution in [0.1, 0.15) is 16.2 Å². The van der Waals surface area contributed by atoms with Gasteiger partial charge in [-0.15, -0.1) is 0 Å². The number of aromatic amines is 1. The number of H-pyrrole nitrogens is 1. The largest absolute Gasteiger partial charge is 0.486 e. The second-order valence-corrected chi connectivity index (χ2v) is 5.58. The van der Waals surface area contributed by atoms with Crippen LogP contribution in [0.5, 0.6) is 11.5 Å². The minimum Gasteiger partial charge on any atom is -0.486 e. The topological polar surface area (TPSA) is 63.8 Å². The summed E-state index contributed by atoms with van der Waals surface area (Å²) < 4.78 is 16.4. The first-order valence-corrected chi connectivity index (χ1v) is 7.49. The quantitative estimate of drug-likeness (QED) is 0.856. The number of methoxy groups -OCH3 is 1. The lowest BCUT2D eigenvalue weighted by molar-refractivity contribution is 0.0592. The molecule has 1 aliphatic heterocycles. The maximum absolute atomic E-state index is 11.4. The summed E-state index contributed by atoms with van der Waals surface area (Å²) in [6.07, 6.45) is -0.0232. The summed E-state index contributed by atoms with van der Waals surface area (Å²) in [5.41, 5.74) is 1.41. The standard InChI is InChI=1S/C17H20N2O4/c1-19(9-12-7-8-14(18-12)17(20)21-2)10-13-11-22-15-5-3-4-6-16(15)23-13/h3-8,13,18H,9-11H2,1-2H3. The fraction of sp³-hybridized carbons (Fsp3) is 0.353. The Kier molecular flexibility index (Phi) is 4.52. The zero-order valence-corrected chi connectivity index (χ0v) is 13.2. The highest BCUT2D eigenvalue weighted by Crippen LogP contribution is 2.30. The van der Waals surface area contributed by atoms with E-state index in [0.717, 1.165) is 23.7 Å². The first kappa shape index (κ1) is 15.4. The molecule has 2 aromatic rings. The number of fused-ring (bicyclic) bond motifs is 1. The van der Waals surface area contributed by atoms with E-state index in [-0.39, 0.29) is 12.1 Å². The third kappa shape index (κ3) is 3.65. The van der Waals surface area contributed by atoms with Crippen molar-refractivity contribution in [1.29, 1.82) is 0 Å². The van der Waals surface area contributed by atoms with Crippen molar-refractivity contribution in [3.8, 4) is 11.5 Å². The molecule has 0 spiro atoms. The van der Waals surface area contributed by atoms with E-state index >= 15 is 0 Å². The van der Waals surface area contributed by atoms with Gasteiger partial charge in [0.1, 0.15) is 18.4 Å². The van der Waals surface area contributed by atoms with Gasteiger partial charge in [0.15, 0.2) is 11.5 Å². The van der Waals surface area contributed by atoms with E-state index in [9.17, 15) is 4.79 Å². The van der Waals surface area contributed by atoms with E-state index in [2.05, 4.69) is 14.6 Å². The second-order valence-electron chi connectivity index (χ2n) is 5.58. The van der Waals surface area contributed by atoms with E-state index in [1.165, 1.54) is 7.11 Å². The summed E-state index contributed by atoms with van der Waals surface area (Å²) in [4.78, 5) is 16.6. The number of hydrogen-bond acceptors (Lipinski definition) is 5. The van der Waals surface area contributed by atoms with Gasteiger partial charge in [-0.25, -0.2) is 4.79 Å². The van der Waals surface area contributed by atoms with Crippen LogP contribution in [-0.2, 0) is 11.3 Å². The number of rotatable bonds is 5. The fourth-order valence-electron chi connectivity index (χ4n) is 2.62. The lowest BCUT2D eigenvalue weighted by Crippen LogP contribution is -2.39. The number of benzene rings is 1. The first-order chi connectivity index (χ1) is 11.2. The number of aromatic nitrogens is 1. The maximum atomic E-state index is 11.4. The molecule has 0 radical (unpaired) electrons. The summed E-state index contributed by atoms with van der Waals surface area (Å²) in [6, 6.07) is 11.3. The van der Waals surface area contributed by atoms with E-state index in [1.54, 1.807) is 6.07 Å². The molecule has 1 aromatic heterocycles. The van der Waals surface area contributed by atoms with Gasteiger partial charge in [0.2, 0.25) is 0 Å². The number of para-hydroxylation sites is 2. The number of carbonyl (C=O) groups excluding carboxylic acids is 1. The summed E-state index contributed by atoms with van der Waals surface area (Å²) in [5.74, 6) is 1.21. The molecule has 0 saturated carbocycles. The average molecular weight is 316 g/mol. The molecule has 1 aliphatic rings. The van der Waals surface area contributed by atoms with Gasteiger partial charge >= 0.3 is 5.97 Å². The van der Waals surface area contributed by atoms with E-state index in [4.69, 9.17) is 9.47 Å². The Morgan fingerprint density at radius 2 is 2.09 bits per heavy atom. The fourth-order valence-corrected chi connectivity index (χ4v) is 2.62. The average Bonchev–Trinajstić information content (AvgIpc) is 3.02. The minimum atomic E-state index is -0.362. The van der Waals surface area contributed by atoms with E-state index in [1.807, 2.05) is 37.4 Å². The minimum absolute atomic E-state index is 0.0232. The van der Waals surface area contributed by atoms with Crippen molar-refractivity contribution in [2.45, 2.75) is 12.6 Å². The lowest BCUT2D eigenvalue weighted by atomic mass is 10.2. The van der Waals surface area contributed by atoms with Gasteiger partial charge in [-0.1, -0.05) is 12.1 Å². The molecule has 23 heavy (non-hydrogen) atoms. The molecular formula is C17H20N2O4. The summed E-state index contributed by atoms with van der Waals surface area (Å²) in [5, 5.41) is 0. The van der Waals surface area contributed by atoms with Crippen LogP contribution in [0.2, 0.25) is 0 Å². The molecule has 1 N–H and O–H groups in total. The molecule has 6 nitrogen and oxygen atoms in total. The molecule has 2 heterocycles. The van der Waals surface area contributed by atoms with Crippen LogP contribution in [0.25, 0.3) is 0 Å². The number of nitrogens with zero attached hydrogens (tertiary/aromatic N) is 1. The van der Waals surface area contributed by atoms with Gasteiger partial charge in [-0.05, 0) is 31.3 Å². The number of hydrogen-bond donors (Lipinski definition) is 1. The Morgan fingerprint density at radius 1 is 1.30 bits per heavy atom. The highest BCUT2D eigenvalue weighted by atomic mass is 16.6. The Balaban J connectivity index is 1.55. The Morgan fingerprint density at radius 3 is 2.87 bits per heavy atom. The molecule has 0 aliphatic carbocycles. The molecular weight excluding hydrogens is 296 g/mol. The number of esters is 1. The first-order valence-electron chi connectivity index (χ1n) is 7.49. The lowest BCUT2D eigenvalue weighted by Gasteiger charge is -2.29. The summed E-state index contributed by atoms with van der Waals surface area (Å²) >= 11 is 0. The maximum Gasteiger partial charge on any atom is 0.354 e. The van der Waals surface area contributed by atoms with Crippen LogP contribution in [0.15, 0.2) is 36.4 Å². The zero-order valence-electron chi connectivity index (χ0n) is 13.2. The Bertz CT molecular complexity index is 683. The summed E-state index contributed by atoms with van der Waals surface area (Å²) in [6.45, 7) is 1.93. The molecule has 1 aromatic carbocycles. The molecule has 0 amide bonds. The third-order valence-corrected chi connectivity index (χ3v) is 3.67. The van der Waals surface area contributed by atoms with Crippen molar-refractivity contribution in [1.82, 2.24) is 9.88 Å². The molecule has 122 valence electrons. The molecule has 0 fully saturated rings. The normalized spacial score (nSPS) is 16.4. The number of ether oxygens (including phenoxy) is 3. The van der Waals surface area contributed by atoms with Crippen molar-refractivity contribution in [2.75, 3.05) is 27.3 Å². The van der Waals surface area contributed by atoms with Gasteiger partial charge < -0.3 is 19.2 Å². The highest BCUT2D eigenvalue weighted by Gasteiger charge is 2.22. The Labute approximate surface area is 135 Å². The van der Waals surface area contributed by atoms with Crippen LogP contribution in [0.3, 0.4) is 0 Å². The van der Waals surface area contributed by atoms with Crippen LogP contribution in [0, 0.1) is 0 Å². The predicted molar refractivity (Wildman–Crippen MR) is 84.8 cm³/mol. The van der Waals surface area contributed by atoms with Gasteiger partial charge in [0, 0.05) is 18.8 Å². The molecule has 0 saturated heterocycles. The molecule has 1 atom stereocenters. The van der Waals surface area contributed by atoms with Crippen molar-refractivity contribution in [2.24, 2.45) is 0 Å². The third-order valence-electron chi connectivity index (χ3n) is 3.67. The van der Waals surface area contributed by atoms with Crippen LogP contribution < -0.4 is 9.47 Å². The highest BCUT2D eigenvalue weighted by molar-refractivity contribution is 5.87. The zero-order chi connectivity index (χ0) is 16.2. The van der Waals surface area contributed by atoms with Crippen LogP contribution >= 0.6 is 0 Å². The number of nitrogens with one attached hydrogen (secondary N) is 1. The number of likely N-dealkylation sites (N-methyl/N-ethyl adjacent to an activating group) is 1. The molecule has 6 heteroatoms. The van der Waals surface area contributed by atoms with Crippen molar-refractivity contribution < 1.29 is 19.0 Å². The monoisotopic (exact) mass is 316 g/mol. The molecule has 3 rings (SSSR count). The van der Waals surface area contributed by atoms with Crippen LogP contribution in [-0.4, -0.2) is 49.3 Å². The van der Waals surface area contributed by atoms with Crippen molar-refractivity contribution >= 4 is 5.97 Å². The molecule has 0 bridgehead atoms. The smallest absolute Gasteiger partial charge is 0.354 e. The van der Waals surface area contributed by atoms with Gasteiger partial charge in [0.05, 0.1) is 7.11 Å². The van der Waals surface area contributed by atoms with Crippen LogP contribution in [0.4, 0.5) is 0 Å². The predicted octanol–water partition coefficient (Wildman–Crippen LogP) is 2.07. The van der Waals surface area contributed by atoms with Gasteiger partial charge in [0.25, 0.3) is 0 Å². The van der Waals surface area contributed by atoms with E-state index in [0.29, 0.717) is 18.8 Å². The number of carbonyl (C=O) groups is 1. The van der Waals surface area contributed by atoms with Crippen molar-refractivity contribution in [3.05, 3.63) is 47.8 Å². The van der Waals surface area contributed by atoms with E-state index < -0.39 is 0 Å². The SMILES string of the molecule is COC(=O)c1ccc(CN(C)CC2COc3ccccc3O2)[nH]1. The Hall–Kier alpha value is -2.47. The van der Waals surface area contributed by atoms with Gasteiger partial charge in [-0.2, -0.15) is 0 Å². The second kappa shape index (κ2) is 6.75. The summed E-state index contributed by atoms with van der Waals surface area (Å²) in [7, 11) is 3.37. The van der Waals surface area contributed by atoms with Gasteiger partial charge in [-0.3, -0.25) is 4.90 Å². The van der Waals surface area contributed by atoms with Crippen molar-refractivity contribution in [3.63, 3.8) is 0 Å². The molecule has 1 unspecified atom stereocenters.